The lowest BCUT2D eigenvalue weighted by Gasteiger charge is -2.34. The molecule has 0 amide bonds. The van der Waals surface area contributed by atoms with Crippen molar-refractivity contribution in [3.8, 4) is 0 Å². The normalized spacial score (nSPS) is 13.4. The van der Waals surface area contributed by atoms with Crippen molar-refractivity contribution < 1.29 is 23.6 Å². The Morgan fingerprint density at radius 2 is 1.61 bits per heavy atom. The van der Waals surface area contributed by atoms with Crippen LogP contribution in [0.25, 0.3) is 10.9 Å². The summed E-state index contributed by atoms with van der Waals surface area (Å²) in [6, 6.07) is 7.38. The molecular weight excluding hydrogens is 445 g/mol. The Bertz CT molecular complexity index is 859. The predicted molar refractivity (Wildman–Crippen MR) is 116 cm³/mol. The molecule has 2 aromatic rings. The van der Waals surface area contributed by atoms with Crippen molar-refractivity contribution in [2.24, 2.45) is 0 Å². The van der Waals surface area contributed by atoms with Gasteiger partial charge in [-0.15, -0.1) is 0 Å². The van der Waals surface area contributed by atoms with Crippen LogP contribution in [0.5, 0.6) is 0 Å². The minimum absolute atomic E-state index is 0.280. The highest BCUT2D eigenvalue weighted by atomic mass is 79.9. The SMILES string of the molecule is CC(C)OC(OC(C)C)([PH2]=O)c1c(Br)c2ccccc2n1C(=O)OC(C)(C)C. The van der Waals surface area contributed by atoms with Gasteiger partial charge in [0.05, 0.1) is 22.2 Å². The molecule has 1 atom stereocenters. The smallest absolute Gasteiger partial charge is 0.419 e. The summed E-state index contributed by atoms with van der Waals surface area (Å²) in [5.74, 6) is 0. The second-order valence-electron chi connectivity index (χ2n) is 8.11. The number of fused-ring (bicyclic) bond motifs is 1. The summed E-state index contributed by atoms with van der Waals surface area (Å²) in [4.78, 5) is 13.2. The van der Waals surface area contributed by atoms with Crippen LogP contribution in [0.1, 0.15) is 54.2 Å². The van der Waals surface area contributed by atoms with Crippen molar-refractivity contribution in [1.82, 2.24) is 4.57 Å². The topological polar surface area (TPSA) is 66.8 Å². The number of nitrogens with zero attached hydrogens (tertiary/aromatic N) is 1. The molecule has 0 saturated heterocycles. The third-order valence-corrected chi connectivity index (χ3v) is 5.35. The lowest BCUT2D eigenvalue weighted by molar-refractivity contribution is -0.221. The second-order valence-corrected chi connectivity index (χ2v) is 9.90. The lowest BCUT2D eigenvalue weighted by atomic mass is 10.2. The average Bonchev–Trinajstić information content (AvgIpc) is 2.85. The number of hydrogen-bond acceptors (Lipinski definition) is 5. The van der Waals surface area contributed by atoms with Crippen LogP contribution >= 0.6 is 24.4 Å². The maximum Gasteiger partial charge on any atom is 0.419 e. The van der Waals surface area contributed by atoms with Crippen molar-refractivity contribution >= 4 is 41.4 Å². The van der Waals surface area contributed by atoms with E-state index in [9.17, 15) is 9.36 Å². The fourth-order valence-corrected chi connectivity index (χ4v) is 5.00. The Kier molecular flexibility index (Phi) is 7.19. The Balaban J connectivity index is 2.86. The Labute approximate surface area is 175 Å². The number of carbonyl (C=O) groups is 1. The lowest BCUT2D eigenvalue weighted by Crippen LogP contribution is -2.37. The molecule has 2 rings (SSSR count). The van der Waals surface area contributed by atoms with Gasteiger partial charge in [0.25, 0.3) is 5.53 Å². The number of aromatic nitrogens is 1. The van der Waals surface area contributed by atoms with E-state index in [0.29, 0.717) is 15.7 Å². The molecule has 0 aliphatic heterocycles. The Hall–Kier alpha value is -1.14. The zero-order chi connectivity index (χ0) is 21.3. The van der Waals surface area contributed by atoms with E-state index in [1.807, 2.05) is 52.0 Å². The summed E-state index contributed by atoms with van der Waals surface area (Å²) in [6.45, 7) is 12.7. The van der Waals surface area contributed by atoms with Gasteiger partial charge in [-0.3, -0.25) is 0 Å². The molecule has 0 N–H and O–H groups in total. The van der Waals surface area contributed by atoms with Crippen molar-refractivity contribution in [2.75, 3.05) is 0 Å². The quantitative estimate of drug-likeness (QED) is 0.385. The molecule has 0 radical (unpaired) electrons. The molecule has 1 heterocycles. The third kappa shape index (κ3) is 4.88. The predicted octanol–water partition coefficient (Wildman–Crippen LogP) is 5.90. The van der Waals surface area contributed by atoms with E-state index in [2.05, 4.69) is 15.9 Å². The van der Waals surface area contributed by atoms with Crippen LogP contribution in [-0.2, 0) is 24.3 Å². The molecule has 8 heteroatoms. The Morgan fingerprint density at radius 1 is 1.07 bits per heavy atom. The van der Waals surface area contributed by atoms with Gasteiger partial charge in [-0.1, -0.05) is 18.2 Å². The first-order valence-electron chi connectivity index (χ1n) is 9.26. The molecule has 1 aromatic carbocycles. The van der Waals surface area contributed by atoms with Gasteiger partial charge in [0, 0.05) is 5.39 Å². The summed E-state index contributed by atoms with van der Waals surface area (Å²) >= 11 is 3.59. The highest BCUT2D eigenvalue weighted by Crippen LogP contribution is 2.47. The van der Waals surface area contributed by atoms with E-state index in [1.54, 1.807) is 20.8 Å². The van der Waals surface area contributed by atoms with Crippen LogP contribution in [0.2, 0.25) is 0 Å². The van der Waals surface area contributed by atoms with Crippen LogP contribution < -0.4 is 0 Å². The molecule has 0 fully saturated rings. The van der Waals surface area contributed by atoms with Gasteiger partial charge in [-0.05, 0) is 70.5 Å². The summed E-state index contributed by atoms with van der Waals surface area (Å²) in [5.41, 5.74) is -1.31. The summed E-state index contributed by atoms with van der Waals surface area (Å²) in [7, 11) is -1.60. The van der Waals surface area contributed by atoms with E-state index in [-0.39, 0.29) is 12.2 Å². The minimum Gasteiger partial charge on any atom is -0.443 e. The van der Waals surface area contributed by atoms with Gasteiger partial charge in [0.1, 0.15) is 19.8 Å². The first-order chi connectivity index (χ1) is 12.9. The van der Waals surface area contributed by atoms with Crippen molar-refractivity contribution in [2.45, 2.75) is 71.8 Å². The second kappa shape index (κ2) is 8.70. The van der Waals surface area contributed by atoms with Crippen molar-refractivity contribution in [3.05, 3.63) is 34.4 Å². The summed E-state index contributed by atoms with van der Waals surface area (Å²) < 4.78 is 32.3. The largest absolute Gasteiger partial charge is 0.443 e. The molecular formula is C20H29BrNO5P. The van der Waals surface area contributed by atoms with E-state index < -0.39 is 25.7 Å². The fraction of sp³-hybridized carbons (Fsp3) is 0.550. The highest BCUT2D eigenvalue weighted by molar-refractivity contribution is 9.10. The van der Waals surface area contributed by atoms with Gasteiger partial charge in [-0.2, -0.15) is 0 Å². The molecule has 0 bridgehead atoms. The number of halogens is 1. The number of hydrogen-bond donors (Lipinski definition) is 0. The summed E-state index contributed by atoms with van der Waals surface area (Å²) in [6.07, 6.45) is -1.14. The number of ether oxygens (including phenoxy) is 3. The third-order valence-electron chi connectivity index (χ3n) is 3.70. The van der Waals surface area contributed by atoms with Crippen molar-refractivity contribution in [3.63, 3.8) is 0 Å². The highest BCUT2D eigenvalue weighted by Gasteiger charge is 2.43. The molecule has 0 spiro atoms. The van der Waals surface area contributed by atoms with Gasteiger partial charge in [0.15, 0.2) is 0 Å². The molecule has 0 aliphatic carbocycles. The molecule has 6 nitrogen and oxygen atoms in total. The monoisotopic (exact) mass is 473 g/mol. The standard InChI is InChI=1S/C20H29BrNO5P/c1-12(2)25-20(28-24,26-13(3)4)17-16(21)14-10-8-9-11-15(14)22(17)18(23)27-19(5,6)7/h8-13H,28H2,1-7H3. The molecule has 1 aromatic heterocycles. The number of benzene rings is 1. The van der Waals surface area contributed by atoms with Crippen LogP contribution in [-0.4, -0.2) is 28.5 Å². The molecule has 1 unspecified atom stereocenters. The zero-order valence-electron chi connectivity index (χ0n) is 17.4. The maximum atomic E-state index is 13.2. The Morgan fingerprint density at radius 3 is 2.07 bits per heavy atom. The zero-order valence-corrected chi connectivity index (χ0v) is 20.1. The van der Waals surface area contributed by atoms with Crippen molar-refractivity contribution in [1.29, 1.82) is 0 Å². The molecule has 0 saturated carbocycles. The molecule has 156 valence electrons. The van der Waals surface area contributed by atoms with Crippen LogP contribution in [0.3, 0.4) is 0 Å². The summed E-state index contributed by atoms with van der Waals surface area (Å²) in [5, 5.41) is 0.778. The molecule has 0 aliphatic rings. The van der Waals surface area contributed by atoms with E-state index >= 15 is 0 Å². The number of rotatable bonds is 6. The van der Waals surface area contributed by atoms with E-state index in [4.69, 9.17) is 14.2 Å². The van der Waals surface area contributed by atoms with E-state index in [1.165, 1.54) is 4.57 Å². The van der Waals surface area contributed by atoms with Gasteiger partial charge in [-0.25, -0.2) is 9.36 Å². The average molecular weight is 474 g/mol. The van der Waals surface area contributed by atoms with Crippen LogP contribution in [0.4, 0.5) is 4.79 Å². The maximum absolute atomic E-state index is 13.2. The molecule has 28 heavy (non-hydrogen) atoms. The number of carbonyl (C=O) groups excluding carboxylic acids is 1. The van der Waals surface area contributed by atoms with Gasteiger partial charge < -0.3 is 18.8 Å². The van der Waals surface area contributed by atoms with Crippen LogP contribution in [0.15, 0.2) is 28.7 Å². The fourth-order valence-electron chi connectivity index (χ4n) is 2.96. The minimum atomic E-state index is -1.60. The number of para-hydroxylation sites is 1. The van der Waals surface area contributed by atoms with Gasteiger partial charge >= 0.3 is 6.09 Å². The van der Waals surface area contributed by atoms with E-state index in [0.717, 1.165) is 5.39 Å². The first kappa shape index (κ1) is 23.1. The van der Waals surface area contributed by atoms with Gasteiger partial charge in [0.2, 0.25) is 0 Å². The first-order valence-corrected chi connectivity index (χ1v) is 11.1. The van der Waals surface area contributed by atoms with Crippen LogP contribution in [0, 0.1) is 0 Å².